The van der Waals surface area contributed by atoms with E-state index >= 15 is 0 Å². The molecule has 122 valence electrons. The third-order valence-corrected chi connectivity index (χ3v) is 4.57. The van der Waals surface area contributed by atoms with Crippen LogP contribution in [0.1, 0.15) is 0 Å². The maximum Gasteiger partial charge on any atom is 0.211 e. The summed E-state index contributed by atoms with van der Waals surface area (Å²) in [5.41, 5.74) is 4.43. The van der Waals surface area contributed by atoms with Gasteiger partial charge in [-0.2, -0.15) is 0 Å². The topological polar surface area (TPSA) is 66.9 Å². The minimum absolute atomic E-state index is 0.670. The zero-order valence-electron chi connectivity index (χ0n) is 13.1. The maximum atomic E-state index is 10.6. The van der Waals surface area contributed by atoms with Gasteiger partial charge in [-0.3, -0.25) is 9.78 Å². The summed E-state index contributed by atoms with van der Waals surface area (Å²) in [6.07, 6.45) is 4.22. The van der Waals surface area contributed by atoms with Crippen molar-refractivity contribution >= 4 is 45.0 Å². The number of benzene rings is 1. The highest BCUT2D eigenvalue weighted by Gasteiger charge is 2.09. The van der Waals surface area contributed by atoms with Crippen molar-refractivity contribution in [2.24, 2.45) is 0 Å². The van der Waals surface area contributed by atoms with Crippen molar-refractivity contribution in [3.8, 4) is 11.3 Å². The molecule has 0 bridgehead atoms. The molecule has 5 nitrogen and oxygen atoms in total. The summed E-state index contributed by atoms with van der Waals surface area (Å²) in [5, 5.41) is 9.19. The van der Waals surface area contributed by atoms with Crippen LogP contribution in [0.3, 0.4) is 0 Å². The third kappa shape index (κ3) is 3.20. The summed E-state index contributed by atoms with van der Waals surface area (Å²) in [7, 11) is 0. The van der Waals surface area contributed by atoms with Gasteiger partial charge in [0.15, 0.2) is 0 Å². The van der Waals surface area contributed by atoms with Gasteiger partial charge in [0, 0.05) is 34.7 Å². The summed E-state index contributed by atoms with van der Waals surface area (Å²) in [6, 6.07) is 15.5. The van der Waals surface area contributed by atoms with E-state index in [0.717, 1.165) is 38.5 Å². The number of fused-ring (bicyclic) bond motifs is 1. The summed E-state index contributed by atoms with van der Waals surface area (Å²) in [4.78, 5) is 20.5. The van der Waals surface area contributed by atoms with E-state index in [9.17, 15) is 4.79 Å². The zero-order chi connectivity index (χ0) is 17.1. The van der Waals surface area contributed by atoms with Crippen LogP contribution >= 0.6 is 11.3 Å². The minimum Gasteiger partial charge on any atom is -0.355 e. The van der Waals surface area contributed by atoms with Crippen LogP contribution in [0.2, 0.25) is 0 Å². The van der Waals surface area contributed by atoms with Crippen molar-refractivity contribution < 1.29 is 4.79 Å². The van der Waals surface area contributed by atoms with Gasteiger partial charge in [0.1, 0.15) is 4.83 Å². The van der Waals surface area contributed by atoms with Crippen molar-refractivity contribution in [2.45, 2.75) is 0 Å². The van der Waals surface area contributed by atoms with Crippen LogP contribution in [-0.4, -0.2) is 16.4 Å². The Balaban J connectivity index is 1.77. The minimum atomic E-state index is 0.670. The number of pyridine rings is 2. The molecule has 1 aromatic carbocycles. The molecular weight excluding hydrogens is 332 g/mol. The molecule has 0 atom stereocenters. The molecule has 0 radical (unpaired) electrons. The lowest BCUT2D eigenvalue weighted by Gasteiger charge is -2.11. The molecule has 0 saturated carbocycles. The van der Waals surface area contributed by atoms with E-state index < -0.39 is 0 Å². The molecule has 25 heavy (non-hydrogen) atoms. The first-order chi connectivity index (χ1) is 12.3. The molecule has 0 spiro atoms. The van der Waals surface area contributed by atoms with E-state index in [1.807, 2.05) is 47.8 Å². The van der Waals surface area contributed by atoms with Gasteiger partial charge in [-0.05, 0) is 47.8 Å². The molecule has 0 saturated heterocycles. The van der Waals surface area contributed by atoms with Crippen LogP contribution < -0.4 is 10.6 Å². The smallest absolute Gasteiger partial charge is 0.211 e. The molecule has 4 aromatic rings. The number of aromatic nitrogens is 2. The molecule has 0 fully saturated rings. The van der Waals surface area contributed by atoms with Gasteiger partial charge in [0.2, 0.25) is 6.41 Å². The van der Waals surface area contributed by atoms with Crippen molar-refractivity contribution in [3.05, 3.63) is 66.3 Å². The van der Waals surface area contributed by atoms with Crippen molar-refractivity contribution in [1.29, 1.82) is 0 Å². The van der Waals surface area contributed by atoms with E-state index in [1.165, 1.54) is 0 Å². The lowest BCUT2D eigenvalue weighted by atomic mass is 10.1. The molecule has 1 amide bonds. The van der Waals surface area contributed by atoms with Gasteiger partial charge in [0.25, 0.3) is 0 Å². The monoisotopic (exact) mass is 346 g/mol. The van der Waals surface area contributed by atoms with Crippen LogP contribution in [0.5, 0.6) is 0 Å². The van der Waals surface area contributed by atoms with E-state index in [1.54, 1.807) is 23.7 Å². The highest BCUT2D eigenvalue weighted by Crippen LogP contribution is 2.33. The number of hydrogen-bond donors (Lipinski definition) is 2. The summed E-state index contributed by atoms with van der Waals surface area (Å²) < 4.78 is 0. The van der Waals surface area contributed by atoms with E-state index in [0.29, 0.717) is 6.41 Å². The van der Waals surface area contributed by atoms with Crippen LogP contribution in [0.4, 0.5) is 17.1 Å². The number of amides is 1. The normalized spacial score (nSPS) is 10.6. The number of thiophene rings is 1. The number of carbonyl (C=O) groups is 1. The number of nitrogens with zero attached hydrogens (tertiary/aromatic N) is 2. The Kier molecular flexibility index (Phi) is 4.10. The van der Waals surface area contributed by atoms with E-state index in [2.05, 4.69) is 21.7 Å². The van der Waals surface area contributed by atoms with Crippen molar-refractivity contribution in [1.82, 2.24) is 9.97 Å². The summed E-state index contributed by atoms with van der Waals surface area (Å²) in [6.45, 7) is 0. The summed E-state index contributed by atoms with van der Waals surface area (Å²) >= 11 is 1.60. The van der Waals surface area contributed by atoms with Gasteiger partial charge in [0.05, 0.1) is 11.4 Å². The second-order valence-electron chi connectivity index (χ2n) is 5.40. The zero-order valence-corrected chi connectivity index (χ0v) is 14.0. The van der Waals surface area contributed by atoms with Crippen LogP contribution in [0.25, 0.3) is 21.5 Å². The molecule has 3 aromatic heterocycles. The van der Waals surface area contributed by atoms with Gasteiger partial charge in [-0.25, -0.2) is 4.98 Å². The molecule has 2 N–H and O–H groups in total. The Morgan fingerprint density at radius 3 is 2.80 bits per heavy atom. The van der Waals surface area contributed by atoms with Crippen LogP contribution in [-0.2, 0) is 4.79 Å². The van der Waals surface area contributed by atoms with Gasteiger partial charge < -0.3 is 10.6 Å². The number of rotatable bonds is 5. The Hall–Kier alpha value is -3.25. The second kappa shape index (κ2) is 6.70. The SMILES string of the molecule is O=CNc1cccc(Nc2cc(-c3cccnc3)nc3sccc23)c1. The first-order valence-corrected chi connectivity index (χ1v) is 8.57. The number of carbonyl (C=O) groups excluding carboxylic acids is 1. The number of anilines is 3. The highest BCUT2D eigenvalue weighted by atomic mass is 32.1. The average Bonchev–Trinajstić information content (AvgIpc) is 3.12. The molecular formula is C19H14N4OS. The van der Waals surface area contributed by atoms with Gasteiger partial charge in [-0.15, -0.1) is 11.3 Å². The Morgan fingerprint density at radius 1 is 1.04 bits per heavy atom. The summed E-state index contributed by atoms with van der Waals surface area (Å²) in [5.74, 6) is 0. The number of nitrogens with one attached hydrogen (secondary N) is 2. The van der Waals surface area contributed by atoms with Crippen LogP contribution in [0.15, 0.2) is 66.3 Å². The fourth-order valence-corrected chi connectivity index (χ4v) is 3.41. The Labute approximate surface area is 148 Å². The predicted octanol–water partition coefficient (Wildman–Crippen LogP) is 4.67. The second-order valence-corrected chi connectivity index (χ2v) is 6.30. The lowest BCUT2D eigenvalue weighted by Crippen LogP contribution is -1.96. The highest BCUT2D eigenvalue weighted by molar-refractivity contribution is 7.16. The maximum absolute atomic E-state index is 10.6. The van der Waals surface area contributed by atoms with Crippen molar-refractivity contribution in [2.75, 3.05) is 10.6 Å². The average molecular weight is 346 g/mol. The molecule has 0 aliphatic heterocycles. The molecule has 3 heterocycles. The number of hydrogen-bond acceptors (Lipinski definition) is 5. The fourth-order valence-electron chi connectivity index (χ4n) is 2.62. The Bertz CT molecular complexity index is 1030. The largest absolute Gasteiger partial charge is 0.355 e. The molecule has 0 aliphatic rings. The Morgan fingerprint density at radius 2 is 1.96 bits per heavy atom. The first kappa shape index (κ1) is 15.3. The quantitative estimate of drug-likeness (QED) is 0.515. The van der Waals surface area contributed by atoms with Gasteiger partial charge in [-0.1, -0.05) is 6.07 Å². The molecule has 6 heteroatoms. The molecule has 4 rings (SSSR count). The molecule has 0 aliphatic carbocycles. The van der Waals surface area contributed by atoms with Gasteiger partial charge >= 0.3 is 0 Å². The lowest BCUT2D eigenvalue weighted by molar-refractivity contribution is -0.105. The van der Waals surface area contributed by atoms with Crippen LogP contribution in [0, 0.1) is 0 Å². The van der Waals surface area contributed by atoms with E-state index in [4.69, 9.17) is 4.98 Å². The first-order valence-electron chi connectivity index (χ1n) is 7.69. The third-order valence-electron chi connectivity index (χ3n) is 3.76. The fraction of sp³-hybridized carbons (Fsp3) is 0. The van der Waals surface area contributed by atoms with E-state index in [-0.39, 0.29) is 0 Å². The molecule has 0 unspecified atom stereocenters. The predicted molar refractivity (Wildman–Crippen MR) is 102 cm³/mol. The standard InChI is InChI=1S/C19H14N4OS/c24-12-21-14-4-1-5-15(9-14)22-18-10-17(13-3-2-7-20-11-13)23-19-16(18)6-8-25-19/h1-12H,(H,21,24)(H,22,23). The van der Waals surface area contributed by atoms with Crippen molar-refractivity contribution in [3.63, 3.8) is 0 Å².